The molecule has 17 heavy (non-hydrogen) atoms. The normalized spacial score (nSPS) is 10.2. The van der Waals surface area contributed by atoms with Crippen molar-refractivity contribution in [2.45, 2.75) is 0 Å². The van der Waals surface area contributed by atoms with Crippen LogP contribution in [-0.2, 0) is 7.05 Å². The zero-order valence-corrected chi connectivity index (χ0v) is 9.14. The van der Waals surface area contributed by atoms with E-state index in [0.717, 1.165) is 6.07 Å². The summed E-state index contributed by atoms with van der Waals surface area (Å²) in [6.45, 7) is 0. The third kappa shape index (κ3) is 2.41. The number of rotatable bonds is 3. The summed E-state index contributed by atoms with van der Waals surface area (Å²) in [6.07, 6.45) is 3.18. The lowest BCUT2D eigenvalue weighted by Gasteiger charge is -2.08. The number of benzene rings is 1. The molecule has 5 nitrogen and oxygen atoms in total. The van der Waals surface area contributed by atoms with E-state index < -0.39 is 5.82 Å². The number of nitrogens with zero attached hydrogens (tertiary/aromatic N) is 2. The first-order valence-electron chi connectivity index (χ1n) is 4.86. The minimum Gasteiger partial charge on any atom is -0.453 e. The first kappa shape index (κ1) is 11.1. The van der Waals surface area contributed by atoms with E-state index in [4.69, 9.17) is 15.9 Å². The number of aromatic nitrogens is 2. The number of hydrogen-bond acceptors (Lipinski definition) is 3. The van der Waals surface area contributed by atoms with E-state index in [1.165, 1.54) is 18.3 Å². The molecule has 0 atom stereocenters. The third-order valence-corrected chi connectivity index (χ3v) is 2.14. The molecular weight excluding hydrogens is 223 g/mol. The molecule has 0 unspecified atom stereocenters. The van der Waals surface area contributed by atoms with Gasteiger partial charge in [0, 0.05) is 7.05 Å². The number of halogens is 1. The Bertz CT molecular complexity index is 564. The summed E-state index contributed by atoms with van der Waals surface area (Å²) in [6, 6.07) is 3.84. The van der Waals surface area contributed by atoms with E-state index in [-0.39, 0.29) is 11.4 Å². The van der Waals surface area contributed by atoms with Gasteiger partial charge in [0.05, 0.1) is 18.0 Å². The van der Waals surface area contributed by atoms with E-state index in [0.29, 0.717) is 11.5 Å². The Morgan fingerprint density at radius 2 is 2.29 bits per heavy atom. The van der Waals surface area contributed by atoms with Crippen LogP contribution in [-0.4, -0.2) is 15.6 Å². The molecule has 1 aromatic heterocycles. The fraction of sp³-hybridized carbons (Fsp3) is 0.0909. The lowest BCUT2D eigenvalue weighted by atomic mass is 10.2. The predicted octanol–water partition coefficient (Wildman–Crippen LogP) is 1.64. The van der Waals surface area contributed by atoms with E-state index in [2.05, 4.69) is 5.10 Å². The van der Waals surface area contributed by atoms with Crippen molar-refractivity contribution in [1.82, 2.24) is 9.78 Å². The number of hydrogen-bond donors (Lipinski definition) is 2. The van der Waals surface area contributed by atoms with Crippen molar-refractivity contribution in [3.05, 3.63) is 42.0 Å². The molecular formula is C11H11FN4O. The lowest BCUT2D eigenvalue weighted by molar-refractivity contribution is 0.478. The molecule has 0 radical (unpaired) electrons. The van der Waals surface area contributed by atoms with Crippen LogP contribution >= 0.6 is 0 Å². The van der Waals surface area contributed by atoms with E-state index >= 15 is 0 Å². The Kier molecular flexibility index (Phi) is 2.78. The SMILES string of the molecule is Cn1cc(Oc2ccc(F)cc2C(=N)N)cn1. The van der Waals surface area contributed by atoms with Crippen LogP contribution in [0.4, 0.5) is 4.39 Å². The molecule has 0 saturated heterocycles. The smallest absolute Gasteiger partial charge is 0.165 e. The quantitative estimate of drug-likeness (QED) is 0.626. The molecule has 0 aliphatic carbocycles. The van der Waals surface area contributed by atoms with Gasteiger partial charge in [0.25, 0.3) is 0 Å². The second kappa shape index (κ2) is 4.25. The van der Waals surface area contributed by atoms with Gasteiger partial charge >= 0.3 is 0 Å². The average Bonchev–Trinajstić information content (AvgIpc) is 2.66. The second-order valence-corrected chi connectivity index (χ2v) is 3.51. The standard InChI is InChI=1S/C11H11FN4O/c1-16-6-8(5-15-16)17-10-3-2-7(12)4-9(10)11(13)14/h2-6H,1H3,(H3,13,14). The predicted molar refractivity (Wildman–Crippen MR) is 60.7 cm³/mol. The maximum Gasteiger partial charge on any atom is 0.165 e. The maximum absolute atomic E-state index is 13.0. The Labute approximate surface area is 97.1 Å². The number of ether oxygens (including phenoxy) is 1. The van der Waals surface area contributed by atoms with Gasteiger partial charge in [0.15, 0.2) is 5.75 Å². The van der Waals surface area contributed by atoms with Gasteiger partial charge in [-0.1, -0.05) is 0 Å². The number of nitrogen functional groups attached to an aromatic ring is 1. The van der Waals surface area contributed by atoms with Crippen LogP contribution in [0.2, 0.25) is 0 Å². The Hall–Kier alpha value is -2.37. The second-order valence-electron chi connectivity index (χ2n) is 3.51. The van der Waals surface area contributed by atoms with Crippen LogP contribution in [0.5, 0.6) is 11.5 Å². The summed E-state index contributed by atoms with van der Waals surface area (Å²) in [7, 11) is 1.75. The van der Waals surface area contributed by atoms with Gasteiger partial charge in [-0.3, -0.25) is 10.1 Å². The summed E-state index contributed by atoms with van der Waals surface area (Å²) in [5.41, 5.74) is 5.57. The highest BCUT2D eigenvalue weighted by Gasteiger charge is 2.10. The first-order chi connectivity index (χ1) is 8.06. The van der Waals surface area contributed by atoms with Gasteiger partial charge in [-0.25, -0.2) is 4.39 Å². The molecule has 1 heterocycles. The molecule has 2 aromatic rings. The summed E-state index contributed by atoms with van der Waals surface area (Å²) >= 11 is 0. The molecule has 0 amide bonds. The molecule has 0 fully saturated rings. The number of aryl methyl sites for hydroxylation is 1. The molecule has 1 aromatic carbocycles. The molecule has 0 aliphatic heterocycles. The monoisotopic (exact) mass is 234 g/mol. The summed E-state index contributed by atoms with van der Waals surface area (Å²) < 4.78 is 20.1. The third-order valence-electron chi connectivity index (χ3n) is 2.14. The van der Waals surface area contributed by atoms with Crippen LogP contribution in [0.1, 0.15) is 5.56 Å². The highest BCUT2D eigenvalue weighted by molar-refractivity contribution is 5.97. The average molecular weight is 234 g/mol. The van der Waals surface area contributed by atoms with Crippen molar-refractivity contribution >= 4 is 5.84 Å². The van der Waals surface area contributed by atoms with Crippen LogP contribution in [0, 0.1) is 11.2 Å². The van der Waals surface area contributed by atoms with Gasteiger partial charge in [-0.15, -0.1) is 0 Å². The zero-order valence-electron chi connectivity index (χ0n) is 9.14. The highest BCUT2D eigenvalue weighted by Crippen LogP contribution is 2.25. The molecule has 3 N–H and O–H groups in total. The molecule has 2 rings (SSSR count). The molecule has 0 bridgehead atoms. The van der Waals surface area contributed by atoms with Crippen molar-refractivity contribution < 1.29 is 9.13 Å². The van der Waals surface area contributed by atoms with Gasteiger partial charge in [0.2, 0.25) is 0 Å². The minimum absolute atomic E-state index is 0.217. The van der Waals surface area contributed by atoms with Crippen molar-refractivity contribution in [3.8, 4) is 11.5 Å². The van der Waals surface area contributed by atoms with Crippen LogP contribution < -0.4 is 10.5 Å². The summed E-state index contributed by atoms with van der Waals surface area (Å²) in [4.78, 5) is 0. The first-order valence-corrected chi connectivity index (χ1v) is 4.86. The minimum atomic E-state index is -0.464. The number of amidine groups is 1. The largest absolute Gasteiger partial charge is 0.453 e. The fourth-order valence-electron chi connectivity index (χ4n) is 1.38. The van der Waals surface area contributed by atoms with E-state index in [9.17, 15) is 4.39 Å². The molecule has 0 saturated carbocycles. The van der Waals surface area contributed by atoms with Crippen molar-refractivity contribution in [2.75, 3.05) is 0 Å². The van der Waals surface area contributed by atoms with Gasteiger partial charge < -0.3 is 10.5 Å². The fourth-order valence-corrected chi connectivity index (χ4v) is 1.38. The van der Waals surface area contributed by atoms with Crippen LogP contribution in [0.25, 0.3) is 0 Å². The van der Waals surface area contributed by atoms with Crippen molar-refractivity contribution in [1.29, 1.82) is 5.41 Å². The van der Waals surface area contributed by atoms with Gasteiger partial charge in [-0.2, -0.15) is 5.10 Å². The van der Waals surface area contributed by atoms with Gasteiger partial charge in [-0.05, 0) is 18.2 Å². The van der Waals surface area contributed by atoms with Crippen molar-refractivity contribution in [3.63, 3.8) is 0 Å². The van der Waals surface area contributed by atoms with Gasteiger partial charge in [0.1, 0.15) is 17.4 Å². The van der Waals surface area contributed by atoms with E-state index in [1.54, 1.807) is 17.9 Å². The van der Waals surface area contributed by atoms with Crippen LogP contribution in [0.15, 0.2) is 30.6 Å². The van der Waals surface area contributed by atoms with E-state index in [1.807, 2.05) is 0 Å². The molecule has 0 aliphatic rings. The number of nitrogens with one attached hydrogen (secondary N) is 1. The highest BCUT2D eigenvalue weighted by atomic mass is 19.1. The zero-order chi connectivity index (χ0) is 12.4. The van der Waals surface area contributed by atoms with Crippen LogP contribution in [0.3, 0.4) is 0 Å². The molecule has 6 heteroatoms. The lowest BCUT2D eigenvalue weighted by Crippen LogP contribution is -2.12. The molecule has 88 valence electrons. The summed E-state index contributed by atoms with van der Waals surface area (Å²) in [5.74, 6) is 0.116. The Balaban J connectivity index is 2.35. The Morgan fingerprint density at radius 1 is 1.53 bits per heavy atom. The molecule has 0 spiro atoms. The maximum atomic E-state index is 13.0. The Morgan fingerprint density at radius 3 is 2.88 bits per heavy atom. The van der Waals surface area contributed by atoms with Crippen molar-refractivity contribution in [2.24, 2.45) is 12.8 Å². The topological polar surface area (TPSA) is 76.9 Å². The summed E-state index contributed by atoms with van der Waals surface area (Å²) in [5, 5.41) is 11.3. The number of nitrogens with two attached hydrogens (primary N) is 1.